The van der Waals surface area contributed by atoms with Gasteiger partial charge in [-0.25, -0.2) is 0 Å². The van der Waals surface area contributed by atoms with Gasteiger partial charge in [0.2, 0.25) is 5.91 Å². The van der Waals surface area contributed by atoms with Gasteiger partial charge in [-0.1, -0.05) is 0 Å². The predicted octanol–water partition coefficient (Wildman–Crippen LogP) is 0.827. The minimum atomic E-state index is 0.293. The van der Waals surface area contributed by atoms with Gasteiger partial charge in [0, 0.05) is 44.8 Å². The molecule has 0 aromatic rings. The fourth-order valence-corrected chi connectivity index (χ4v) is 3.18. The second kappa shape index (κ2) is 7.96. The summed E-state index contributed by atoms with van der Waals surface area (Å²) in [4.78, 5) is 16.7. The summed E-state index contributed by atoms with van der Waals surface area (Å²) in [7, 11) is 0. The van der Waals surface area contributed by atoms with Gasteiger partial charge in [0.1, 0.15) is 0 Å². The highest BCUT2D eigenvalue weighted by Crippen LogP contribution is 2.20. The topological polar surface area (TPSA) is 58.8 Å². The molecular weight excluding hydrogens is 254 g/mol. The lowest BCUT2D eigenvalue weighted by molar-refractivity contribution is -0.130. The van der Waals surface area contributed by atoms with Gasteiger partial charge < -0.3 is 15.4 Å². The zero-order valence-electron chi connectivity index (χ0n) is 12.7. The average Bonchev–Trinajstić information content (AvgIpc) is 2.94. The monoisotopic (exact) mass is 283 g/mol. The Morgan fingerprint density at radius 2 is 2.00 bits per heavy atom. The van der Waals surface area contributed by atoms with Crippen LogP contribution in [0.2, 0.25) is 0 Å². The number of ether oxygens (including phenoxy) is 1. The van der Waals surface area contributed by atoms with Gasteiger partial charge in [-0.3, -0.25) is 9.69 Å². The van der Waals surface area contributed by atoms with E-state index in [1.165, 1.54) is 0 Å². The summed E-state index contributed by atoms with van der Waals surface area (Å²) < 4.78 is 5.28. The molecule has 5 nitrogen and oxygen atoms in total. The molecule has 0 aromatic carbocycles. The average molecular weight is 283 g/mol. The predicted molar refractivity (Wildman–Crippen MR) is 79.5 cm³/mol. The molecule has 0 saturated carbocycles. The van der Waals surface area contributed by atoms with E-state index in [0.717, 1.165) is 58.5 Å². The molecule has 2 heterocycles. The lowest BCUT2D eigenvalue weighted by atomic mass is 10.0. The summed E-state index contributed by atoms with van der Waals surface area (Å²) in [5.41, 5.74) is 5.95. The minimum Gasteiger partial charge on any atom is -0.382 e. The summed E-state index contributed by atoms with van der Waals surface area (Å²) in [6.45, 7) is 7.43. The molecule has 2 fully saturated rings. The maximum Gasteiger partial charge on any atom is 0.222 e. The molecule has 0 aromatic heterocycles. The number of likely N-dealkylation sites (tertiary alicyclic amines) is 2. The summed E-state index contributed by atoms with van der Waals surface area (Å²) in [6, 6.07) is 0.933. The Morgan fingerprint density at radius 1 is 1.25 bits per heavy atom. The highest BCUT2D eigenvalue weighted by Gasteiger charge is 2.31. The Labute approximate surface area is 122 Å². The number of hydrogen-bond acceptors (Lipinski definition) is 4. The quantitative estimate of drug-likeness (QED) is 0.734. The Morgan fingerprint density at radius 3 is 2.70 bits per heavy atom. The fourth-order valence-electron chi connectivity index (χ4n) is 3.18. The highest BCUT2D eigenvalue weighted by atomic mass is 16.5. The van der Waals surface area contributed by atoms with Crippen LogP contribution in [0.1, 0.15) is 39.0 Å². The van der Waals surface area contributed by atoms with Crippen molar-refractivity contribution < 1.29 is 9.53 Å². The molecule has 1 unspecified atom stereocenters. The van der Waals surface area contributed by atoms with Gasteiger partial charge in [-0.15, -0.1) is 0 Å². The van der Waals surface area contributed by atoms with Crippen molar-refractivity contribution in [3.8, 4) is 0 Å². The molecule has 0 radical (unpaired) electrons. The van der Waals surface area contributed by atoms with Crippen LogP contribution in [0.4, 0.5) is 0 Å². The van der Waals surface area contributed by atoms with E-state index in [-0.39, 0.29) is 0 Å². The van der Waals surface area contributed by atoms with Crippen LogP contribution in [0, 0.1) is 0 Å². The number of amides is 1. The zero-order valence-corrected chi connectivity index (χ0v) is 12.7. The van der Waals surface area contributed by atoms with Crippen molar-refractivity contribution in [2.45, 2.75) is 51.1 Å². The number of nitrogens with zero attached hydrogens (tertiary/aromatic N) is 2. The molecule has 1 atom stereocenters. The summed E-state index contributed by atoms with van der Waals surface area (Å²) in [5, 5.41) is 0. The Kier molecular flexibility index (Phi) is 6.26. The second-order valence-electron chi connectivity index (χ2n) is 5.96. The Balaban J connectivity index is 1.67. The molecule has 0 aliphatic carbocycles. The Hall–Kier alpha value is -0.650. The van der Waals surface area contributed by atoms with Crippen molar-refractivity contribution in [2.24, 2.45) is 5.73 Å². The second-order valence-corrected chi connectivity index (χ2v) is 5.96. The number of piperidine rings is 1. The van der Waals surface area contributed by atoms with Gasteiger partial charge in [-0.05, 0) is 45.7 Å². The lowest BCUT2D eigenvalue weighted by Crippen LogP contribution is -2.46. The van der Waals surface area contributed by atoms with Gasteiger partial charge in [0.15, 0.2) is 0 Å². The molecule has 0 spiro atoms. The number of rotatable bonds is 6. The lowest BCUT2D eigenvalue weighted by Gasteiger charge is -2.34. The number of carbonyl (C=O) groups is 1. The van der Waals surface area contributed by atoms with E-state index in [1.54, 1.807) is 0 Å². The van der Waals surface area contributed by atoms with Gasteiger partial charge in [0.25, 0.3) is 0 Å². The number of nitrogens with two attached hydrogens (primary N) is 1. The van der Waals surface area contributed by atoms with E-state index in [2.05, 4.69) is 4.90 Å². The van der Waals surface area contributed by atoms with Gasteiger partial charge >= 0.3 is 0 Å². The van der Waals surface area contributed by atoms with Crippen molar-refractivity contribution in [3.63, 3.8) is 0 Å². The largest absolute Gasteiger partial charge is 0.382 e. The Bertz CT molecular complexity index is 303. The molecule has 5 heteroatoms. The van der Waals surface area contributed by atoms with Crippen LogP contribution in [-0.4, -0.2) is 67.2 Å². The summed E-state index contributed by atoms with van der Waals surface area (Å²) >= 11 is 0. The third-order valence-electron chi connectivity index (χ3n) is 4.49. The smallest absolute Gasteiger partial charge is 0.222 e. The number of carbonyl (C=O) groups excluding carboxylic acids is 1. The van der Waals surface area contributed by atoms with Gasteiger partial charge in [0.05, 0.1) is 0 Å². The molecule has 0 bridgehead atoms. The molecule has 116 valence electrons. The van der Waals surface area contributed by atoms with E-state index in [4.69, 9.17) is 10.5 Å². The van der Waals surface area contributed by atoms with Crippen LogP contribution in [0.3, 0.4) is 0 Å². The van der Waals surface area contributed by atoms with Crippen molar-refractivity contribution in [1.29, 1.82) is 0 Å². The van der Waals surface area contributed by atoms with E-state index in [0.29, 0.717) is 31.0 Å². The fraction of sp³-hybridized carbons (Fsp3) is 0.933. The molecular formula is C15H29N3O2. The van der Waals surface area contributed by atoms with Crippen LogP contribution in [0.25, 0.3) is 0 Å². The normalized spacial score (nSPS) is 25.3. The van der Waals surface area contributed by atoms with Crippen molar-refractivity contribution in [2.75, 3.05) is 39.4 Å². The third-order valence-corrected chi connectivity index (χ3v) is 4.49. The van der Waals surface area contributed by atoms with Crippen LogP contribution in [0.5, 0.6) is 0 Å². The van der Waals surface area contributed by atoms with Crippen molar-refractivity contribution in [1.82, 2.24) is 9.80 Å². The summed E-state index contributed by atoms with van der Waals surface area (Å²) in [5.74, 6) is 0.293. The maximum absolute atomic E-state index is 12.1. The zero-order chi connectivity index (χ0) is 14.4. The van der Waals surface area contributed by atoms with Gasteiger partial charge in [-0.2, -0.15) is 0 Å². The first kappa shape index (κ1) is 15.7. The maximum atomic E-state index is 12.1. The molecule has 1 amide bonds. The molecule has 2 aliphatic rings. The van der Waals surface area contributed by atoms with Crippen molar-refractivity contribution >= 4 is 5.91 Å². The van der Waals surface area contributed by atoms with E-state index < -0.39 is 0 Å². The molecule has 2 aliphatic heterocycles. The van der Waals surface area contributed by atoms with Crippen molar-refractivity contribution in [3.05, 3.63) is 0 Å². The third kappa shape index (κ3) is 4.43. The molecule has 2 rings (SSSR count). The molecule has 2 saturated heterocycles. The van der Waals surface area contributed by atoms with Crippen LogP contribution in [-0.2, 0) is 9.53 Å². The molecule has 2 N–H and O–H groups in total. The number of hydrogen-bond donors (Lipinski definition) is 1. The van der Waals surface area contributed by atoms with E-state index >= 15 is 0 Å². The standard InChI is InChI=1S/C15H29N3O2/c1-2-20-11-3-4-15(19)18-10-7-14(12-18)17-8-5-13(16)6-9-17/h13-14H,2-12,16H2,1H3. The van der Waals surface area contributed by atoms with Crippen LogP contribution < -0.4 is 5.73 Å². The van der Waals surface area contributed by atoms with E-state index in [9.17, 15) is 4.79 Å². The molecule has 20 heavy (non-hydrogen) atoms. The van der Waals surface area contributed by atoms with Crippen LogP contribution in [0.15, 0.2) is 0 Å². The summed E-state index contributed by atoms with van der Waals surface area (Å²) in [6.07, 6.45) is 4.77. The first-order chi connectivity index (χ1) is 9.70. The van der Waals surface area contributed by atoms with E-state index in [1.807, 2.05) is 11.8 Å². The highest BCUT2D eigenvalue weighted by molar-refractivity contribution is 5.76. The first-order valence-electron chi connectivity index (χ1n) is 8.06. The minimum absolute atomic E-state index is 0.293. The SMILES string of the molecule is CCOCCCC(=O)N1CCC(N2CCC(N)CC2)C1. The van der Waals surface area contributed by atoms with Crippen LogP contribution >= 0.6 is 0 Å². The first-order valence-corrected chi connectivity index (χ1v) is 8.06.